The number of hydrogen-bond acceptors (Lipinski definition) is 7. The topological polar surface area (TPSA) is 191 Å². The summed E-state index contributed by atoms with van der Waals surface area (Å²) in [4.78, 5) is 59.5. The summed E-state index contributed by atoms with van der Waals surface area (Å²) in [7, 11) is 0. The van der Waals surface area contributed by atoms with E-state index in [1.165, 1.54) is 23.4 Å². The van der Waals surface area contributed by atoms with Crippen molar-refractivity contribution >= 4 is 23.7 Å². The number of nitrogens with two attached hydrogens (primary N) is 1. The number of rotatable bonds is 11. The first-order chi connectivity index (χ1) is 17.6. The van der Waals surface area contributed by atoms with E-state index in [9.17, 15) is 29.4 Å². The average Bonchev–Trinajstić information content (AvgIpc) is 3.55. The van der Waals surface area contributed by atoms with Gasteiger partial charge in [0.25, 0.3) is 0 Å². The number of carbonyl (C=O) groups excluding carboxylic acids is 3. The van der Waals surface area contributed by atoms with Gasteiger partial charge in [-0.25, -0.2) is 9.78 Å². The first-order valence-electron chi connectivity index (χ1n) is 12.2. The largest absolute Gasteiger partial charge is 0.508 e. The molecule has 3 rings (SSSR count). The van der Waals surface area contributed by atoms with Crippen molar-refractivity contribution < 1.29 is 29.4 Å². The zero-order valence-corrected chi connectivity index (χ0v) is 20.9. The first kappa shape index (κ1) is 27.7. The number of phenolic OH excluding ortho intramolecular Hbond substituents is 1. The molecule has 4 unspecified atom stereocenters. The third kappa shape index (κ3) is 7.29. The van der Waals surface area contributed by atoms with E-state index in [-0.39, 0.29) is 31.1 Å². The molecule has 1 aliphatic heterocycles. The predicted octanol–water partition coefficient (Wildman–Crippen LogP) is -0.0710. The van der Waals surface area contributed by atoms with Gasteiger partial charge in [-0.3, -0.25) is 14.4 Å². The number of likely N-dealkylation sites (tertiary alicyclic amines) is 1. The van der Waals surface area contributed by atoms with Gasteiger partial charge in [0.1, 0.15) is 23.9 Å². The number of aromatic nitrogens is 2. The van der Waals surface area contributed by atoms with Crippen LogP contribution in [-0.4, -0.2) is 79.5 Å². The number of aromatic amines is 1. The van der Waals surface area contributed by atoms with Crippen molar-refractivity contribution in [2.45, 2.75) is 63.7 Å². The Balaban J connectivity index is 1.74. The Kier molecular flexibility index (Phi) is 9.23. The third-order valence-corrected chi connectivity index (χ3v) is 6.44. The summed E-state index contributed by atoms with van der Waals surface area (Å²) in [6.07, 6.45) is 4.05. The number of aromatic hydroxyl groups is 1. The number of benzene rings is 1. The van der Waals surface area contributed by atoms with E-state index in [0.29, 0.717) is 24.1 Å². The maximum atomic E-state index is 13.6. The summed E-state index contributed by atoms with van der Waals surface area (Å²) in [5, 5.41) is 24.4. The molecule has 12 heteroatoms. The summed E-state index contributed by atoms with van der Waals surface area (Å²) < 4.78 is 0. The van der Waals surface area contributed by atoms with Crippen LogP contribution in [0.2, 0.25) is 0 Å². The fourth-order valence-electron chi connectivity index (χ4n) is 4.23. The third-order valence-electron chi connectivity index (χ3n) is 6.44. The van der Waals surface area contributed by atoms with Crippen LogP contribution in [0.25, 0.3) is 0 Å². The molecule has 2 aromatic rings. The molecule has 200 valence electrons. The van der Waals surface area contributed by atoms with E-state index in [2.05, 4.69) is 20.6 Å². The second-order valence-electron chi connectivity index (χ2n) is 9.57. The number of carboxylic acids is 1. The standard InChI is InChI=1S/C25H34N6O6/c1-14(2)21(26)23(34)29-18(11-16-12-27-13-28-16)24(35)31-9-3-4-20(31)22(33)30-19(25(36)37)10-15-5-7-17(32)8-6-15/h5-8,12-14,18-21,32H,3-4,9-11,26H2,1-2H3,(H,27,28)(H,29,34)(H,30,33)(H,36,37). The zero-order valence-electron chi connectivity index (χ0n) is 20.9. The summed E-state index contributed by atoms with van der Waals surface area (Å²) in [6, 6.07) is 2.12. The quantitative estimate of drug-likeness (QED) is 0.240. The van der Waals surface area contributed by atoms with Crippen molar-refractivity contribution in [2.75, 3.05) is 6.54 Å². The monoisotopic (exact) mass is 514 g/mol. The van der Waals surface area contributed by atoms with Crippen LogP contribution in [-0.2, 0) is 32.0 Å². The molecular formula is C25H34N6O6. The maximum Gasteiger partial charge on any atom is 0.326 e. The number of imidazole rings is 1. The Bertz CT molecular complexity index is 1090. The lowest BCUT2D eigenvalue weighted by atomic mass is 10.0. The minimum Gasteiger partial charge on any atom is -0.508 e. The number of aliphatic carboxylic acids is 1. The highest BCUT2D eigenvalue weighted by Crippen LogP contribution is 2.20. The number of carbonyl (C=O) groups is 4. The summed E-state index contributed by atoms with van der Waals surface area (Å²) >= 11 is 0. The molecule has 1 aromatic heterocycles. The molecule has 0 aliphatic carbocycles. The van der Waals surface area contributed by atoms with Gasteiger partial charge in [0.15, 0.2) is 0 Å². The van der Waals surface area contributed by atoms with Crippen LogP contribution in [0.15, 0.2) is 36.8 Å². The molecular weight excluding hydrogens is 480 g/mol. The lowest BCUT2D eigenvalue weighted by Crippen LogP contribution is -2.58. The first-order valence-corrected chi connectivity index (χ1v) is 12.2. The van der Waals surface area contributed by atoms with Crippen LogP contribution in [0.4, 0.5) is 0 Å². The van der Waals surface area contributed by atoms with Crippen molar-refractivity contribution in [3.05, 3.63) is 48.0 Å². The lowest BCUT2D eigenvalue weighted by molar-refractivity contribution is -0.145. The number of amides is 3. The number of nitrogens with zero attached hydrogens (tertiary/aromatic N) is 2. The van der Waals surface area contributed by atoms with E-state index < -0.39 is 47.9 Å². The molecule has 1 saturated heterocycles. The predicted molar refractivity (Wildman–Crippen MR) is 133 cm³/mol. The van der Waals surface area contributed by atoms with Crippen molar-refractivity contribution in [1.82, 2.24) is 25.5 Å². The van der Waals surface area contributed by atoms with E-state index >= 15 is 0 Å². The molecule has 0 bridgehead atoms. The molecule has 4 atom stereocenters. The highest BCUT2D eigenvalue weighted by atomic mass is 16.4. The van der Waals surface area contributed by atoms with Gasteiger partial charge in [-0.1, -0.05) is 26.0 Å². The molecule has 1 aromatic carbocycles. The zero-order chi connectivity index (χ0) is 27.1. The summed E-state index contributed by atoms with van der Waals surface area (Å²) in [5.41, 5.74) is 7.22. The van der Waals surface area contributed by atoms with Crippen molar-refractivity contribution in [3.63, 3.8) is 0 Å². The van der Waals surface area contributed by atoms with Crippen LogP contribution >= 0.6 is 0 Å². The van der Waals surface area contributed by atoms with Gasteiger partial charge < -0.3 is 36.5 Å². The normalized spacial score (nSPS) is 17.7. The van der Waals surface area contributed by atoms with E-state index in [1.807, 2.05) is 0 Å². The number of H-pyrrole nitrogens is 1. The number of carboxylic acid groups (broad SMARTS) is 1. The molecule has 12 nitrogen and oxygen atoms in total. The fraction of sp³-hybridized carbons (Fsp3) is 0.480. The summed E-state index contributed by atoms with van der Waals surface area (Å²) in [5.74, 6) is -2.83. The van der Waals surface area contributed by atoms with Crippen LogP contribution in [0, 0.1) is 5.92 Å². The van der Waals surface area contributed by atoms with Gasteiger partial charge in [0.05, 0.1) is 12.4 Å². The minimum absolute atomic E-state index is 0.00756. The number of phenols is 1. The fourth-order valence-corrected chi connectivity index (χ4v) is 4.23. The van der Waals surface area contributed by atoms with Crippen LogP contribution < -0.4 is 16.4 Å². The molecule has 3 amide bonds. The van der Waals surface area contributed by atoms with Gasteiger partial charge >= 0.3 is 5.97 Å². The molecule has 37 heavy (non-hydrogen) atoms. The maximum absolute atomic E-state index is 13.6. The molecule has 1 fully saturated rings. The van der Waals surface area contributed by atoms with Gasteiger partial charge in [-0.15, -0.1) is 0 Å². The van der Waals surface area contributed by atoms with Crippen molar-refractivity contribution in [1.29, 1.82) is 0 Å². The van der Waals surface area contributed by atoms with Crippen molar-refractivity contribution in [3.8, 4) is 5.75 Å². The van der Waals surface area contributed by atoms with Crippen LogP contribution in [0.3, 0.4) is 0 Å². The second-order valence-corrected chi connectivity index (χ2v) is 9.57. The van der Waals surface area contributed by atoms with Gasteiger partial charge in [-0.05, 0) is 36.5 Å². The van der Waals surface area contributed by atoms with Gasteiger partial charge in [-0.2, -0.15) is 0 Å². The van der Waals surface area contributed by atoms with Crippen LogP contribution in [0.5, 0.6) is 5.75 Å². The highest BCUT2D eigenvalue weighted by molar-refractivity contribution is 5.94. The Morgan fingerprint density at radius 2 is 1.84 bits per heavy atom. The second kappa shape index (κ2) is 12.3. The lowest BCUT2D eigenvalue weighted by Gasteiger charge is -2.30. The Morgan fingerprint density at radius 3 is 2.43 bits per heavy atom. The molecule has 2 heterocycles. The SMILES string of the molecule is CC(C)C(N)C(=O)NC(Cc1cnc[nH]1)C(=O)N1CCCC1C(=O)NC(Cc1ccc(O)cc1)C(=O)O. The molecule has 0 saturated carbocycles. The van der Waals surface area contributed by atoms with Gasteiger partial charge in [0, 0.05) is 31.3 Å². The molecule has 0 radical (unpaired) electrons. The highest BCUT2D eigenvalue weighted by Gasteiger charge is 2.39. The van der Waals surface area contributed by atoms with E-state index in [0.717, 1.165) is 0 Å². The number of nitrogens with one attached hydrogen (secondary N) is 3. The molecule has 1 aliphatic rings. The van der Waals surface area contributed by atoms with E-state index in [1.54, 1.807) is 32.2 Å². The van der Waals surface area contributed by atoms with Crippen LogP contribution in [0.1, 0.15) is 37.9 Å². The average molecular weight is 515 g/mol. The van der Waals surface area contributed by atoms with Crippen molar-refractivity contribution in [2.24, 2.45) is 11.7 Å². The Labute approximate surface area is 214 Å². The van der Waals surface area contributed by atoms with E-state index in [4.69, 9.17) is 5.73 Å². The smallest absolute Gasteiger partial charge is 0.326 e. The summed E-state index contributed by atoms with van der Waals surface area (Å²) in [6.45, 7) is 3.89. The minimum atomic E-state index is -1.22. The Hall–Kier alpha value is -3.93. The number of hydrogen-bond donors (Lipinski definition) is 6. The molecule has 0 spiro atoms. The molecule has 7 N–H and O–H groups in total. The van der Waals surface area contributed by atoms with Gasteiger partial charge in [0.2, 0.25) is 17.7 Å². The Morgan fingerprint density at radius 1 is 1.14 bits per heavy atom.